The number of rotatable bonds is 4. The first-order valence-corrected chi connectivity index (χ1v) is 7.13. The Labute approximate surface area is 110 Å². The summed E-state index contributed by atoms with van der Waals surface area (Å²) in [7, 11) is -1.01. The maximum atomic E-state index is 12.2. The van der Waals surface area contributed by atoms with E-state index in [2.05, 4.69) is 4.98 Å². The summed E-state index contributed by atoms with van der Waals surface area (Å²) in [4.78, 5) is 4.88. The van der Waals surface area contributed by atoms with E-state index < -0.39 is 10.8 Å². The van der Waals surface area contributed by atoms with Crippen molar-refractivity contribution in [1.29, 1.82) is 0 Å². The molecule has 0 bridgehead atoms. The average molecular weight is 260 g/mol. The smallest absolute Gasteiger partial charge is 0.0536 e. The van der Waals surface area contributed by atoms with Crippen molar-refractivity contribution < 1.29 is 4.21 Å². The fraction of sp³-hybridized carbons (Fsp3) is 0.214. The van der Waals surface area contributed by atoms with E-state index in [1.807, 2.05) is 43.5 Å². The van der Waals surface area contributed by atoms with E-state index in [0.717, 1.165) is 22.4 Å². The molecule has 0 saturated carbocycles. The van der Waals surface area contributed by atoms with Crippen LogP contribution in [0.2, 0.25) is 0 Å². The van der Waals surface area contributed by atoms with Gasteiger partial charge in [-0.3, -0.25) is 9.19 Å². The van der Waals surface area contributed by atoms with E-state index in [1.165, 1.54) is 0 Å². The molecule has 0 amide bonds. The van der Waals surface area contributed by atoms with Crippen molar-refractivity contribution in [2.24, 2.45) is 0 Å². The summed E-state index contributed by atoms with van der Waals surface area (Å²) >= 11 is 0. The van der Waals surface area contributed by atoms with Gasteiger partial charge in [0, 0.05) is 28.7 Å². The molecule has 2 rings (SSSR count). The van der Waals surface area contributed by atoms with Crippen LogP contribution in [0, 0.1) is 6.92 Å². The van der Waals surface area contributed by atoms with Crippen LogP contribution in [0.5, 0.6) is 0 Å². The molecule has 0 fully saturated rings. The van der Waals surface area contributed by atoms with Gasteiger partial charge in [-0.15, -0.1) is 0 Å². The van der Waals surface area contributed by atoms with E-state index in [1.54, 1.807) is 6.20 Å². The van der Waals surface area contributed by atoms with Gasteiger partial charge in [0.2, 0.25) is 0 Å². The Morgan fingerprint density at radius 3 is 2.83 bits per heavy atom. The molecule has 1 aromatic heterocycles. The number of benzene rings is 1. The van der Waals surface area contributed by atoms with E-state index in [0.29, 0.717) is 11.4 Å². The van der Waals surface area contributed by atoms with Gasteiger partial charge in [0.15, 0.2) is 0 Å². The van der Waals surface area contributed by atoms with Crippen molar-refractivity contribution in [2.45, 2.75) is 18.2 Å². The molecule has 2 aromatic rings. The molecule has 18 heavy (non-hydrogen) atoms. The quantitative estimate of drug-likeness (QED) is 0.858. The molecule has 4 heteroatoms. The normalized spacial score (nSPS) is 12.3. The molecule has 3 nitrogen and oxygen atoms in total. The van der Waals surface area contributed by atoms with Gasteiger partial charge < -0.3 is 5.73 Å². The zero-order valence-corrected chi connectivity index (χ0v) is 11.1. The molecule has 1 atom stereocenters. The van der Waals surface area contributed by atoms with Gasteiger partial charge in [0.05, 0.1) is 10.8 Å². The highest BCUT2D eigenvalue weighted by Gasteiger charge is 2.09. The fourth-order valence-corrected chi connectivity index (χ4v) is 3.08. The zero-order valence-electron chi connectivity index (χ0n) is 10.3. The van der Waals surface area contributed by atoms with Gasteiger partial charge in [-0.2, -0.15) is 0 Å². The number of hydrogen-bond donors (Lipinski definition) is 1. The molecular weight excluding hydrogens is 244 g/mol. The minimum atomic E-state index is -1.01. The molecule has 0 aliphatic heterocycles. The third-order valence-corrected chi connectivity index (χ3v) is 4.38. The lowest BCUT2D eigenvalue weighted by molar-refractivity contribution is 0.682. The first-order chi connectivity index (χ1) is 8.68. The van der Waals surface area contributed by atoms with Crippen LogP contribution in [-0.4, -0.2) is 14.9 Å². The highest BCUT2D eigenvalue weighted by molar-refractivity contribution is 7.85. The van der Waals surface area contributed by atoms with Gasteiger partial charge in [-0.1, -0.05) is 12.1 Å². The number of aromatic nitrogens is 1. The Balaban J connectivity index is 2.07. The largest absolute Gasteiger partial charge is 0.398 e. The Hall–Kier alpha value is -1.68. The number of pyridine rings is 1. The SMILES string of the molecule is Cc1c(N)cccc1S(=O)CCc1cccnc1. The zero-order chi connectivity index (χ0) is 13.0. The lowest BCUT2D eigenvalue weighted by Gasteiger charge is -2.08. The standard InChI is InChI=1S/C14H16N2OS/c1-11-13(15)5-2-6-14(11)18(17)9-7-12-4-3-8-16-10-12/h2-6,8,10H,7,9,15H2,1H3. The topological polar surface area (TPSA) is 56.0 Å². The van der Waals surface area contributed by atoms with Crippen LogP contribution < -0.4 is 5.73 Å². The highest BCUT2D eigenvalue weighted by atomic mass is 32.2. The van der Waals surface area contributed by atoms with Crippen molar-refractivity contribution in [3.63, 3.8) is 0 Å². The Bertz CT molecular complexity index is 555. The van der Waals surface area contributed by atoms with Crippen molar-refractivity contribution in [1.82, 2.24) is 4.98 Å². The van der Waals surface area contributed by atoms with Gasteiger partial charge >= 0.3 is 0 Å². The second-order valence-corrected chi connectivity index (χ2v) is 5.67. The van der Waals surface area contributed by atoms with E-state index in [-0.39, 0.29) is 0 Å². The second kappa shape index (κ2) is 5.78. The number of hydrogen-bond acceptors (Lipinski definition) is 3. The van der Waals surface area contributed by atoms with Crippen LogP contribution in [0.15, 0.2) is 47.6 Å². The molecule has 0 aliphatic carbocycles. The Kier molecular flexibility index (Phi) is 4.10. The molecule has 0 spiro atoms. The number of nitrogens with two attached hydrogens (primary N) is 1. The van der Waals surface area contributed by atoms with Crippen LogP contribution in [0.25, 0.3) is 0 Å². The van der Waals surface area contributed by atoms with Crippen LogP contribution in [-0.2, 0) is 17.2 Å². The Morgan fingerprint density at radius 1 is 1.28 bits per heavy atom. The maximum absolute atomic E-state index is 12.2. The van der Waals surface area contributed by atoms with Gasteiger partial charge in [-0.05, 0) is 42.7 Å². The van der Waals surface area contributed by atoms with Gasteiger partial charge in [0.25, 0.3) is 0 Å². The molecule has 0 aliphatic rings. The minimum Gasteiger partial charge on any atom is -0.398 e. The molecule has 1 heterocycles. The average Bonchev–Trinajstić information content (AvgIpc) is 2.40. The van der Waals surface area contributed by atoms with Gasteiger partial charge in [0.1, 0.15) is 0 Å². The molecule has 0 saturated heterocycles. The number of nitrogens with zero attached hydrogens (tertiary/aromatic N) is 1. The molecule has 94 valence electrons. The van der Waals surface area contributed by atoms with E-state index in [9.17, 15) is 4.21 Å². The van der Waals surface area contributed by atoms with Crippen molar-refractivity contribution in [3.8, 4) is 0 Å². The van der Waals surface area contributed by atoms with Crippen molar-refractivity contribution in [2.75, 3.05) is 11.5 Å². The summed E-state index contributed by atoms with van der Waals surface area (Å²) in [6, 6.07) is 9.45. The third-order valence-electron chi connectivity index (χ3n) is 2.87. The van der Waals surface area contributed by atoms with E-state index in [4.69, 9.17) is 5.73 Å². The van der Waals surface area contributed by atoms with Crippen LogP contribution in [0.4, 0.5) is 5.69 Å². The highest BCUT2D eigenvalue weighted by Crippen LogP contribution is 2.19. The van der Waals surface area contributed by atoms with Crippen LogP contribution in [0.3, 0.4) is 0 Å². The molecule has 2 N–H and O–H groups in total. The number of aryl methyl sites for hydroxylation is 1. The molecular formula is C14H16N2OS. The predicted molar refractivity (Wildman–Crippen MR) is 74.8 cm³/mol. The first-order valence-electron chi connectivity index (χ1n) is 5.81. The second-order valence-electron chi connectivity index (χ2n) is 4.13. The molecule has 1 unspecified atom stereocenters. The molecule has 0 radical (unpaired) electrons. The van der Waals surface area contributed by atoms with Crippen LogP contribution in [0.1, 0.15) is 11.1 Å². The summed E-state index contributed by atoms with van der Waals surface area (Å²) in [5.74, 6) is 0.593. The fourth-order valence-electron chi connectivity index (χ4n) is 1.74. The van der Waals surface area contributed by atoms with Crippen molar-refractivity contribution in [3.05, 3.63) is 53.9 Å². The summed E-state index contributed by atoms with van der Waals surface area (Å²) in [6.45, 7) is 1.91. The number of anilines is 1. The predicted octanol–water partition coefficient (Wildman–Crippen LogP) is 2.32. The summed E-state index contributed by atoms with van der Waals surface area (Å²) in [6.07, 6.45) is 4.31. The third kappa shape index (κ3) is 2.96. The van der Waals surface area contributed by atoms with Crippen LogP contribution >= 0.6 is 0 Å². The monoisotopic (exact) mass is 260 g/mol. The van der Waals surface area contributed by atoms with Crippen molar-refractivity contribution >= 4 is 16.5 Å². The maximum Gasteiger partial charge on any atom is 0.0536 e. The molecule has 1 aromatic carbocycles. The van der Waals surface area contributed by atoms with Gasteiger partial charge in [-0.25, -0.2) is 0 Å². The minimum absolute atomic E-state index is 0.593. The summed E-state index contributed by atoms with van der Waals surface area (Å²) in [5.41, 5.74) is 8.54. The number of nitrogen functional groups attached to an aromatic ring is 1. The lowest BCUT2D eigenvalue weighted by atomic mass is 10.2. The summed E-state index contributed by atoms with van der Waals surface area (Å²) in [5, 5.41) is 0. The summed E-state index contributed by atoms with van der Waals surface area (Å²) < 4.78 is 12.2. The Morgan fingerprint density at radius 2 is 2.11 bits per heavy atom. The lowest BCUT2D eigenvalue weighted by Crippen LogP contribution is -2.05. The van der Waals surface area contributed by atoms with E-state index >= 15 is 0 Å². The first kappa shape index (κ1) is 12.8.